The summed E-state index contributed by atoms with van der Waals surface area (Å²) in [5.74, 6) is -0.0500. The second-order valence-electron chi connectivity index (χ2n) is 8.13. The summed E-state index contributed by atoms with van der Waals surface area (Å²) < 4.78 is 28.3. The molecule has 4 heterocycles. The van der Waals surface area contributed by atoms with Crippen molar-refractivity contribution in [2.24, 2.45) is 11.3 Å². The van der Waals surface area contributed by atoms with E-state index in [1.807, 2.05) is 6.92 Å². The van der Waals surface area contributed by atoms with Crippen LogP contribution in [0.2, 0.25) is 0 Å². The van der Waals surface area contributed by atoms with E-state index in [1.165, 1.54) is 0 Å². The molecule has 0 aliphatic carbocycles. The number of aromatic nitrogens is 2. The zero-order valence-corrected chi connectivity index (χ0v) is 16.4. The van der Waals surface area contributed by atoms with Gasteiger partial charge in [-0.05, 0) is 19.8 Å². The molecular formula is C18H26N4O4S. The van der Waals surface area contributed by atoms with Gasteiger partial charge in [0.1, 0.15) is 0 Å². The van der Waals surface area contributed by atoms with Gasteiger partial charge >= 0.3 is 0 Å². The molecule has 0 aromatic carbocycles. The fourth-order valence-corrected chi connectivity index (χ4v) is 5.90. The molecule has 3 saturated heterocycles. The molecule has 1 spiro atoms. The van der Waals surface area contributed by atoms with Gasteiger partial charge in [-0.2, -0.15) is 0 Å². The second-order valence-corrected chi connectivity index (χ2v) is 10.3. The van der Waals surface area contributed by atoms with Crippen LogP contribution in [0.15, 0.2) is 12.4 Å². The molecule has 1 amide bonds. The molecule has 1 atom stereocenters. The predicted octanol–water partition coefficient (Wildman–Crippen LogP) is -0.0732. The topological polar surface area (TPSA) is 101 Å². The van der Waals surface area contributed by atoms with E-state index >= 15 is 0 Å². The van der Waals surface area contributed by atoms with Crippen molar-refractivity contribution in [1.29, 1.82) is 0 Å². The van der Waals surface area contributed by atoms with Crippen molar-refractivity contribution in [3.05, 3.63) is 23.8 Å². The fraction of sp³-hybridized carbons (Fsp3) is 0.722. The molecule has 3 aliphatic rings. The summed E-state index contributed by atoms with van der Waals surface area (Å²) in [7, 11) is -2.95. The third-order valence-electron chi connectivity index (χ3n) is 5.97. The average Bonchev–Trinajstić information content (AvgIpc) is 2.91. The van der Waals surface area contributed by atoms with Crippen molar-refractivity contribution in [1.82, 2.24) is 20.2 Å². The number of carbonyl (C=O) groups is 1. The molecule has 0 bridgehead atoms. The Morgan fingerprint density at radius 3 is 2.74 bits per heavy atom. The Balaban J connectivity index is 1.47. The van der Waals surface area contributed by atoms with Crippen LogP contribution in [-0.2, 0) is 25.9 Å². The van der Waals surface area contributed by atoms with Crippen LogP contribution in [0, 0.1) is 18.3 Å². The Morgan fingerprint density at radius 2 is 2.07 bits per heavy atom. The summed E-state index contributed by atoms with van der Waals surface area (Å²) in [6.45, 7) is 5.40. The van der Waals surface area contributed by atoms with Gasteiger partial charge in [-0.25, -0.2) is 8.42 Å². The minimum Gasteiger partial charge on any atom is -0.381 e. The summed E-state index contributed by atoms with van der Waals surface area (Å²) in [5, 5.41) is 2.97. The minimum atomic E-state index is -2.95. The van der Waals surface area contributed by atoms with Crippen molar-refractivity contribution in [3.8, 4) is 0 Å². The molecule has 3 aliphatic heterocycles. The third kappa shape index (κ3) is 4.00. The average molecular weight is 394 g/mol. The summed E-state index contributed by atoms with van der Waals surface area (Å²) in [6.07, 6.45) is 5.21. The van der Waals surface area contributed by atoms with Gasteiger partial charge in [0.05, 0.1) is 34.9 Å². The van der Waals surface area contributed by atoms with Crippen LogP contribution in [0.3, 0.4) is 0 Å². The van der Waals surface area contributed by atoms with Crippen LogP contribution in [-0.4, -0.2) is 73.0 Å². The van der Waals surface area contributed by atoms with Crippen LogP contribution in [0.5, 0.6) is 0 Å². The number of aryl methyl sites for hydroxylation is 1. The van der Waals surface area contributed by atoms with Gasteiger partial charge in [0, 0.05) is 50.7 Å². The number of ether oxygens (including phenoxy) is 1. The highest BCUT2D eigenvalue weighted by Gasteiger charge is 2.51. The number of amides is 1. The van der Waals surface area contributed by atoms with E-state index in [0.29, 0.717) is 26.3 Å². The summed E-state index contributed by atoms with van der Waals surface area (Å²) in [4.78, 5) is 24.0. The van der Waals surface area contributed by atoms with Crippen molar-refractivity contribution < 1.29 is 17.9 Å². The highest BCUT2D eigenvalue weighted by atomic mass is 32.2. The van der Waals surface area contributed by atoms with Crippen LogP contribution in [0.25, 0.3) is 0 Å². The Bertz CT molecular complexity index is 810. The smallest absolute Gasteiger partial charge is 0.225 e. The van der Waals surface area contributed by atoms with E-state index in [2.05, 4.69) is 20.2 Å². The highest BCUT2D eigenvalue weighted by molar-refractivity contribution is 7.92. The van der Waals surface area contributed by atoms with Gasteiger partial charge in [0.2, 0.25) is 5.91 Å². The van der Waals surface area contributed by atoms with Crippen molar-refractivity contribution >= 4 is 15.7 Å². The molecule has 9 heteroatoms. The first-order valence-electron chi connectivity index (χ1n) is 9.44. The van der Waals surface area contributed by atoms with E-state index in [-0.39, 0.29) is 34.8 Å². The van der Waals surface area contributed by atoms with E-state index in [1.54, 1.807) is 12.4 Å². The number of hydrogen-bond acceptors (Lipinski definition) is 7. The zero-order chi connectivity index (χ0) is 19.1. The molecule has 1 aromatic heterocycles. The lowest BCUT2D eigenvalue weighted by Crippen LogP contribution is -2.56. The summed E-state index contributed by atoms with van der Waals surface area (Å²) in [5.41, 5.74) is 1.68. The zero-order valence-electron chi connectivity index (χ0n) is 15.6. The summed E-state index contributed by atoms with van der Waals surface area (Å²) >= 11 is 0. The first-order valence-corrected chi connectivity index (χ1v) is 11.3. The molecule has 27 heavy (non-hydrogen) atoms. The Labute approximate surface area is 159 Å². The van der Waals surface area contributed by atoms with Gasteiger partial charge < -0.3 is 10.1 Å². The monoisotopic (exact) mass is 394 g/mol. The van der Waals surface area contributed by atoms with Crippen molar-refractivity contribution in [3.63, 3.8) is 0 Å². The molecular weight excluding hydrogens is 368 g/mol. The molecule has 0 saturated carbocycles. The minimum absolute atomic E-state index is 0.0189. The third-order valence-corrected chi connectivity index (χ3v) is 7.79. The van der Waals surface area contributed by atoms with Crippen molar-refractivity contribution in [2.45, 2.75) is 32.4 Å². The van der Waals surface area contributed by atoms with Crippen LogP contribution < -0.4 is 5.32 Å². The SMILES string of the molecule is Cc1cncc(CN2CC(C(=O)NC3CS(=O)(=O)C3)C3(CCOCC3)C2)n1. The van der Waals surface area contributed by atoms with Gasteiger partial charge in [-0.1, -0.05) is 0 Å². The van der Waals surface area contributed by atoms with E-state index < -0.39 is 9.84 Å². The van der Waals surface area contributed by atoms with Crippen molar-refractivity contribution in [2.75, 3.05) is 37.8 Å². The number of hydrogen-bond donors (Lipinski definition) is 1. The Kier molecular flexibility index (Phi) is 4.94. The molecule has 0 radical (unpaired) electrons. The largest absolute Gasteiger partial charge is 0.381 e. The lowest BCUT2D eigenvalue weighted by atomic mass is 9.71. The van der Waals surface area contributed by atoms with E-state index in [9.17, 15) is 13.2 Å². The first kappa shape index (κ1) is 18.8. The van der Waals surface area contributed by atoms with Crippen LogP contribution in [0.1, 0.15) is 24.2 Å². The normalized spacial score (nSPS) is 27.4. The molecule has 3 fully saturated rings. The maximum atomic E-state index is 13.0. The predicted molar refractivity (Wildman–Crippen MR) is 98.6 cm³/mol. The Morgan fingerprint density at radius 1 is 1.33 bits per heavy atom. The number of sulfone groups is 1. The molecule has 1 N–H and O–H groups in total. The maximum Gasteiger partial charge on any atom is 0.225 e. The standard InChI is InChI=1S/C18H26N4O4S/c1-13-6-19-7-14(20-13)8-22-9-16(18(12-22)2-4-26-5-3-18)17(23)21-15-10-27(24,25)11-15/h6-7,15-16H,2-5,8-12H2,1H3,(H,21,23). The molecule has 8 nitrogen and oxygen atoms in total. The molecule has 1 aromatic rings. The molecule has 148 valence electrons. The number of likely N-dealkylation sites (tertiary alicyclic amines) is 1. The van der Waals surface area contributed by atoms with Gasteiger partial charge in [0.15, 0.2) is 9.84 Å². The van der Waals surface area contributed by atoms with E-state index in [0.717, 1.165) is 30.8 Å². The quantitative estimate of drug-likeness (QED) is 0.762. The lowest BCUT2D eigenvalue weighted by molar-refractivity contribution is -0.130. The summed E-state index contributed by atoms with van der Waals surface area (Å²) in [6, 6.07) is -0.240. The Hall–Kier alpha value is -1.58. The number of carbonyl (C=O) groups excluding carboxylic acids is 1. The molecule has 1 unspecified atom stereocenters. The molecule has 4 rings (SSSR count). The van der Waals surface area contributed by atoms with Gasteiger partial charge in [0.25, 0.3) is 0 Å². The number of nitrogens with zero attached hydrogens (tertiary/aromatic N) is 3. The number of nitrogens with one attached hydrogen (secondary N) is 1. The van der Waals surface area contributed by atoms with Crippen LogP contribution >= 0.6 is 0 Å². The number of rotatable bonds is 4. The van der Waals surface area contributed by atoms with E-state index in [4.69, 9.17) is 4.74 Å². The fourth-order valence-electron chi connectivity index (χ4n) is 4.61. The van der Waals surface area contributed by atoms with Gasteiger partial charge in [-0.15, -0.1) is 0 Å². The maximum absolute atomic E-state index is 13.0. The van der Waals surface area contributed by atoms with Gasteiger partial charge in [-0.3, -0.25) is 19.7 Å². The second kappa shape index (κ2) is 7.10. The first-order chi connectivity index (χ1) is 12.9. The lowest BCUT2D eigenvalue weighted by Gasteiger charge is -2.38. The van der Waals surface area contributed by atoms with Crippen LogP contribution in [0.4, 0.5) is 0 Å². The highest BCUT2D eigenvalue weighted by Crippen LogP contribution is 2.44.